The van der Waals surface area contributed by atoms with Gasteiger partial charge in [-0.1, -0.05) is 13.3 Å². The number of hydrogen-bond acceptors (Lipinski definition) is 4. The van der Waals surface area contributed by atoms with E-state index in [0.29, 0.717) is 16.9 Å². The van der Waals surface area contributed by atoms with Crippen LogP contribution in [0.15, 0.2) is 4.79 Å². The minimum absolute atomic E-state index is 0. The molecule has 1 atom stereocenters. The highest BCUT2D eigenvalue weighted by Gasteiger charge is 2.45. The smallest absolute Gasteiger partial charge is 0.268 e. The largest absolute Gasteiger partial charge is 0.370 e. The molecule has 136 valence electrons. The third-order valence-corrected chi connectivity index (χ3v) is 6.27. The lowest BCUT2D eigenvalue weighted by molar-refractivity contribution is 0.383. The van der Waals surface area contributed by atoms with Crippen LogP contribution < -0.4 is 15.8 Å². The third-order valence-electron chi connectivity index (χ3n) is 6.27. The van der Waals surface area contributed by atoms with E-state index >= 15 is 0 Å². The highest BCUT2D eigenvalue weighted by atomic mass is 35.5. The Hall–Kier alpha value is -1.51. The normalized spacial score (nSPS) is 23.5. The summed E-state index contributed by atoms with van der Waals surface area (Å²) in [5.74, 6) is 0.345. The minimum Gasteiger partial charge on any atom is -0.370 e. The number of H-pyrrole nitrogens is 1. The van der Waals surface area contributed by atoms with Gasteiger partial charge in [0, 0.05) is 43.4 Å². The van der Waals surface area contributed by atoms with Crippen LogP contribution in [0.3, 0.4) is 0 Å². The quantitative estimate of drug-likeness (QED) is 0.866. The second-order valence-corrected chi connectivity index (χ2v) is 7.79. The van der Waals surface area contributed by atoms with Crippen molar-refractivity contribution in [2.75, 3.05) is 24.5 Å². The molecular weight excluding hydrogens is 336 g/mol. The molecule has 1 aliphatic carbocycles. The number of anilines is 1. The molecule has 0 unspecified atom stereocenters. The van der Waals surface area contributed by atoms with Crippen molar-refractivity contribution >= 4 is 18.1 Å². The van der Waals surface area contributed by atoms with Gasteiger partial charge < -0.3 is 15.2 Å². The van der Waals surface area contributed by atoms with Crippen molar-refractivity contribution in [3.8, 4) is 6.07 Å². The Balaban J connectivity index is 0.00000182. The molecule has 1 aromatic rings. The molecule has 3 aliphatic rings. The minimum atomic E-state index is -0.207. The van der Waals surface area contributed by atoms with Gasteiger partial charge in [0.25, 0.3) is 5.56 Å². The molecule has 0 bridgehead atoms. The fraction of sp³-hybridized carbons (Fsp3) is 0.684. The van der Waals surface area contributed by atoms with Crippen LogP contribution in [0.2, 0.25) is 0 Å². The summed E-state index contributed by atoms with van der Waals surface area (Å²) in [5, 5.41) is 13.1. The molecule has 0 radical (unpaired) electrons. The molecular formula is C19H27ClN4O. The second-order valence-electron chi connectivity index (χ2n) is 7.79. The number of rotatable bonds is 3. The molecule has 6 heteroatoms. The first-order valence-electron chi connectivity index (χ1n) is 9.32. The Morgan fingerprint density at radius 2 is 2.00 bits per heavy atom. The predicted molar refractivity (Wildman–Crippen MR) is 101 cm³/mol. The van der Waals surface area contributed by atoms with Gasteiger partial charge in [0.1, 0.15) is 11.6 Å². The Labute approximate surface area is 155 Å². The number of nitrogens with zero attached hydrogens (tertiary/aromatic N) is 2. The fourth-order valence-electron chi connectivity index (χ4n) is 4.58. The van der Waals surface area contributed by atoms with Crippen LogP contribution in [-0.2, 0) is 6.54 Å². The number of piperidine rings is 1. The summed E-state index contributed by atoms with van der Waals surface area (Å²) in [5.41, 5.74) is 3.83. The molecule has 2 fully saturated rings. The highest BCUT2D eigenvalue weighted by Crippen LogP contribution is 2.54. The van der Waals surface area contributed by atoms with Gasteiger partial charge in [0.2, 0.25) is 0 Å². The van der Waals surface area contributed by atoms with Gasteiger partial charge in [-0.05, 0) is 37.5 Å². The SMILES string of the molecule is CCC[C@@H]1CNCc2c1[nH]c(=O)c(C#N)c2N1CCC2(CC1)CC2.Cl. The van der Waals surface area contributed by atoms with E-state index < -0.39 is 0 Å². The number of nitrogens with one attached hydrogen (secondary N) is 2. The van der Waals surface area contributed by atoms with Crippen molar-refractivity contribution in [2.45, 2.75) is 57.9 Å². The van der Waals surface area contributed by atoms with E-state index in [-0.39, 0.29) is 18.0 Å². The number of pyridine rings is 1. The van der Waals surface area contributed by atoms with Crippen molar-refractivity contribution < 1.29 is 0 Å². The molecule has 2 aliphatic heterocycles. The zero-order valence-electron chi connectivity index (χ0n) is 14.9. The predicted octanol–water partition coefficient (Wildman–Crippen LogP) is 3.04. The maximum atomic E-state index is 12.6. The van der Waals surface area contributed by atoms with Crippen LogP contribution in [0, 0.1) is 16.7 Å². The van der Waals surface area contributed by atoms with Crippen molar-refractivity contribution in [1.82, 2.24) is 10.3 Å². The maximum Gasteiger partial charge on any atom is 0.268 e. The lowest BCUT2D eigenvalue weighted by atomic mass is 9.88. The molecule has 25 heavy (non-hydrogen) atoms. The topological polar surface area (TPSA) is 71.9 Å². The zero-order chi connectivity index (χ0) is 16.7. The first kappa shape index (κ1) is 18.3. The molecule has 5 nitrogen and oxygen atoms in total. The molecule has 1 saturated heterocycles. The highest BCUT2D eigenvalue weighted by molar-refractivity contribution is 5.85. The number of hydrogen-bond donors (Lipinski definition) is 2. The Kier molecular flexibility index (Phi) is 5.13. The molecule has 4 rings (SSSR count). The molecule has 1 aromatic heterocycles. The van der Waals surface area contributed by atoms with Crippen LogP contribution >= 0.6 is 12.4 Å². The van der Waals surface area contributed by atoms with Gasteiger partial charge >= 0.3 is 0 Å². The van der Waals surface area contributed by atoms with Crippen LogP contribution in [-0.4, -0.2) is 24.6 Å². The fourth-order valence-corrected chi connectivity index (χ4v) is 4.58. The van der Waals surface area contributed by atoms with Gasteiger partial charge in [-0.3, -0.25) is 4.79 Å². The number of halogens is 1. The summed E-state index contributed by atoms with van der Waals surface area (Å²) in [7, 11) is 0. The van der Waals surface area contributed by atoms with Crippen LogP contribution in [0.5, 0.6) is 0 Å². The van der Waals surface area contributed by atoms with E-state index in [0.717, 1.165) is 56.0 Å². The number of aromatic amines is 1. The number of aromatic nitrogens is 1. The van der Waals surface area contributed by atoms with Gasteiger partial charge in [0.05, 0.1) is 5.69 Å². The first-order valence-corrected chi connectivity index (χ1v) is 9.32. The second kappa shape index (κ2) is 7.01. The van der Waals surface area contributed by atoms with Gasteiger partial charge in [-0.2, -0.15) is 5.26 Å². The van der Waals surface area contributed by atoms with E-state index in [2.05, 4.69) is 28.2 Å². The van der Waals surface area contributed by atoms with Crippen LogP contribution in [0.1, 0.15) is 68.2 Å². The summed E-state index contributed by atoms with van der Waals surface area (Å²) in [6.45, 7) is 5.78. The molecule has 2 N–H and O–H groups in total. The van der Waals surface area contributed by atoms with Crippen molar-refractivity contribution in [3.05, 3.63) is 27.2 Å². The summed E-state index contributed by atoms with van der Waals surface area (Å²) < 4.78 is 0. The molecule has 0 aromatic carbocycles. The molecule has 0 amide bonds. The monoisotopic (exact) mass is 362 g/mol. The summed E-state index contributed by atoms with van der Waals surface area (Å²) in [6.07, 6.45) is 7.27. The summed E-state index contributed by atoms with van der Waals surface area (Å²) in [6, 6.07) is 2.18. The third kappa shape index (κ3) is 3.18. The van der Waals surface area contributed by atoms with Crippen molar-refractivity contribution in [1.29, 1.82) is 5.26 Å². The van der Waals surface area contributed by atoms with E-state index in [1.807, 2.05) is 0 Å². The Morgan fingerprint density at radius 3 is 2.60 bits per heavy atom. The number of fused-ring (bicyclic) bond motifs is 1. The maximum absolute atomic E-state index is 12.6. The number of nitriles is 1. The average molecular weight is 363 g/mol. The Morgan fingerprint density at radius 1 is 1.28 bits per heavy atom. The summed E-state index contributed by atoms with van der Waals surface area (Å²) in [4.78, 5) is 17.9. The first-order chi connectivity index (χ1) is 11.7. The van der Waals surface area contributed by atoms with Gasteiger partial charge in [-0.25, -0.2) is 0 Å². The summed E-state index contributed by atoms with van der Waals surface area (Å²) >= 11 is 0. The Bertz CT molecular complexity index is 737. The zero-order valence-corrected chi connectivity index (χ0v) is 15.7. The van der Waals surface area contributed by atoms with Crippen LogP contribution in [0.25, 0.3) is 0 Å². The molecule has 3 heterocycles. The lowest BCUT2D eigenvalue weighted by Gasteiger charge is -2.37. The van der Waals surface area contributed by atoms with E-state index in [9.17, 15) is 10.1 Å². The lowest BCUT2D eigenvalue weighted by Crippen LogP contribution is -2.40. The van der Waals surface area contributed by atoms with Crippen molar-refractivity contribution in [3.63, 3.8) is 0 Å². The van der Waals surface area contributed by atoms with E-state index in [1.54, 1.807) is 0 Å². The van der Waals surface area contributed by atoms with Gasteiger partial charge in [-0.15, -0.1) is 12.4 Å². The van der Waals surface area contributed by atoms with Gasteiger partial charge in [0.15, 0.2) is 0 Å². The van der Waals surface area contributed by atoms with E-state index in [1.165, 1.54) is 25.7 Å². The van der Waals surface area contributed by atoms with Crippen LogP contribution in [0.4, 0.5) is 5.69 Å². The molecule has 1 saturated carbocycles. The average Bonchev–Trinajstić information content (AvgIpc) is 3.35. The molecule has 1 spiro atoms. The standard InChI is InChI=1S/C19H26N4O.ClH/c1-2-3-13-11-21-12-15-16(13)22-18(24)14(10-20)17(15)23-8-6-19(4-5-19)7-9-23;/h13,21H,2-9,11-12H2,1H3,(H,22,24);1H/t13-;/m1./s1. The van der Waals surface area contributed by atoms with E-state index in [4.69, 9.17) is 0 Å². The van der Waals surface area contributed by atoms with Crippen molar-refractivity contribution in [2.24, 2.45) is 5.41 Å².